The molecule has 1 heterocycles. The summed E-state index contributed by atoms with van der Waals surface area (Å²) in [6.45, 7) is 7.97. The average Bonchev–Trinajstić information content (AvgIpc) is 3.10. The number of carbonyl (C=O) groups excluding carboxylic acids is 1. The number of hydrogen-bond acceptors (Lipinski definition) is 4. The molecule has 6 heteroatoms. The van der Waals surface area contributed by atoms with Crippen molar-refractivity contribution in [2.24, 2.45) is 0 Å². The Kier molecular flexibility index (Phi) is 8.83. The van der Waals surface area contributed by atoms with Gasteiger partial charge >= 0.3 is 0 Å². The molecule has 0 atom stereocenters. The minimum absolute atomic E-state index is 0. The van der Waals surface area contributed by atoms with Crippen LogP contribution < -0.4 is 4.90 Å². The lowest BCUT2D eigenvalue weighted by Gasteiger charge is -2.21. The summed E-state index contributed by atoms with van der Waals surface area (Å²) in [6.07, 6.45) is 2.32. The van der Waals surface area contributed by atoms with Crippen molar-refractivity contribution in [1.82, 2.24) is 9.88 Å². The van der Waals surface area contributed by atoms with Crippen LogP contribution in [0.1, 0.15) is 35.6 Å². The van der Waals surface area contributed by atoms with Gasteiger partial charge < -0.3 is 4.90 Å². The van der Waals surface area contributed by atoms with Gasteiger partial charge in [0.2, 0.25) is 5.91 Å². The highest BCUT2D eigenvalue weighted by atomic mass is 35.5. The van der Waals surface area contributed by atoms with Crippen LogP contribution in [0.5, 0.6) is 0 Å². The largest absolute Gasteiger partial charge is 0.309 e. The molecule has 0 radical (unpaired) electrons. The van der Waals surface area contributed by atoms with Crippen LogP contribution in [0.2, 0.25) is 0 Å². The highest BCUT2D eigenvalue weighted by Crippen LogP contribution is 2.30. The second-order valence-corrected chi connectivity index (χ2v) is 8.96. The highest BCUT2D eigenvalue weighted by Gasteiger charge is 2.20. The van der Waals surface area contributed by atoms with E-state index in [1.807, 2.05) is 4.90 Å². The van der Waals surface area contributed by atoms with Gasteiger partial charge in [-0.15, -0.1) is 12.4 Å². The van der Waals surface area contributed by atoms with E-state index >= 15 is 0 Å². The van der Waals surface area contributed by atoms with Crippen LogP contribution in [0.25, 0.3) is 10.2 Å². The fourth-order valence-corrected chi connectivity index (χ4v) is 4.42. The van der Waals surface area contributed by atoms with Gasteiger partial charge in [0.05, 0.1) is 16.6 Å². The van der Waals surface area contributed by atoms with Gasteiger partial charge in [-0.2, -0.15) is 0 Å². The molecule has 0 fully saturated rings. The van der Waals surface area contributed by atoms with Crippen molar-refractivity contribution in [2.45, 2.75) is 40.0 Å². The Bertz CT molecular complexity index is 999. The van der Waals surface area contributed by atoms with Crippen molar-refractivity contribution in [3.8, 4) is 0 Å². The van der Waals surface area contributed by atoms with Gasteiger partial charge in [0, 0.05) is 6.54 Å². The minimum atomic E-state index is 0. The fraction of sp³-hybridized carbons (Fsp3) is 0.417. The Balaban J connectivity index is 0.00000320. The first-order chi connectivity index (χ1) is 13.9. The molecule has 3 aromatic rings. The highest BCUT2D eigenvalue weighted by molar-refractivity contribution is 7.22. The Hall–Kier alpha value is -1.95. The van der Waals surface area contributed by atoms with Gasteiger partial charge in [-0.1, -0.05) is 42.5 Å². The molecule has 0 aliphatic rings. The molecular formula is C24H32ClN3OS. The van der Waals surface area contributed by atoms with Gasteiger partial charge in [0.25, 0.3) is 0 Å². The summed E-state index contributed by atoms with van der Waals surface area (Å²) in [4.78, 5) is 22.1. The lowest BCUT2D eigenvalue weighted by Crippen LogP contribution is -2.34. The van der Waals surface area contributed by atoms with Gasteiger partial charge in [-0.3, -0.25) is 9.69 Å². The molecule has 0 bridgehead atoms. The number of benzene rings is 2. The molecule has 30 heavy (non-hydrogen) atoms. The number of hydrogen-bond donors (Lipinski definition) is 0. The Morgan fingerprint density at radius 3 is 2.40 bits per heavy atom. The molecule has 0 aliphatic heterocycles. The number of nitrogens with zero attached hydrogens (tertiary/aromatic N) is 3. The molecular weight excluding hydrogens is 414 g/mol. The number of amides is 1. The summed E-state index contributed by atoms with van der Waals surface area (Å²) in [7, 11) is 4.12. The fourth-order valence-electron chi connectivity index (χ4n) is 3.35. The summed E-state index contributed by atoms with van der Waals surface area (Å²) in [5.74, 6) is 0.113. The zero-order chi connectivity index (χ0) is 21.0. The van der Waals surface area contributed by atoms with Crippen LogP contribution in [0.15, 0.2) is 36.4 Å². The van der Waals surface area contributed by atoms with Crippen LogP contribution in [0.4, 0.5) is 5.13 Å². The van der Waals surface area contributed by atoms with E-state index in [0.29, 0.717) is 13.0 Å². The van der Waals surface area contributed by atoms with Crippen molar-refractivity contribution < 1.29 is 4.79 Å². The summed E-state index contributed by atoms with van der Waals surface area (Å²) < 4.78 is 1.15. The third-order valence-corrected chi connectivity index (χ3v) is 6.34. The Morgan fingerprint density at radius 1 is 1.00 bits per heavy atom. The van der Waals surface area contributed by atoms with Gasteiger partial charge in [-0.05, 0) is 81.7 Å². The first-order valence-corrected chi connectivity index (χ1v) is 11.1. The first kappa shape index (κ1) is 24.3. The lowest BCUT2D eigenvalue weighted by molar-refractivity contribution is -0.118. The molecule has 2 aromatic carbocycles. The second kappa shape index (κ2) is 10.9. The third kappa shape index (κ3) is 6.03. The minimum Gasteiger partial charge on any atom is -0.309 e. The van der Waals surface area contributed by atoms with Crippen molar-refractivity contribution in [2.75, 3.05) is 32.1 Å². The second-order valence-electron chi connectivity index (χ2n) is 7.95. The number of rotatable bonds is 8. The molecule has 0 N–H and O–H groups in total. The Labute approximate surface area is 190 Å². The van der Waals surface area contributed by atoms with E-state index in [4.69, 9.17) is 4.98 Å². The van der Waals surface area contributed by atoms with E-state index in [2.05, 4.69) is 76.2 Å². The predicted octanol–water partition coefficient (Wildman–Crippen LogP) is 5.42. The topological polar surface area (TPSA) is 36.4 Å². The zero-order valence-corrected chi connectivity index (χ0v) is 20.2. The molecule has 1 amide bonds. The Morgan fingerprint density at radius 2 is 1.73 bits per heavy atom. The first-order valence-electron chi connectivity index (χ1n) is 10.3. The summed E-state index contributed by atoms with van der Waals surface area (Å²) in [5, 5.41) is 0.806. The van der Waals surface area contributed by atoms with E-state index in [1.54, 1.807) is 11.3 Å². The maximum atomic E-state index is 13.3. The molecule has 0 aliphatic carbocycles. The molecule has 0 saturated heterocycles. The number of thiazole rings is 1. The molecule has 4 nitrogen and oxygen atoms in total. The maximum absolute atomic E-state index is 13.3. The average molecular weight is 446 g/mol. The molecule has 3 rings (SSSR count). The smallest absolute Gasteiger partial charge is 0.233 e. The van der Waals surface area contributed by atoms with Gasteiger partial charge in [0.15, 0.2) is 5.13 Å². The standard InChI is InChI=1S/C24H31N3OS.ClH/c1-6-19-10-11-21-22(15-19)29-24(25-21)27(13-7-12-26(4)5)23(28)16-20-9-8-17(2)18(3)14-20;/h8-11,14-15H,6-7,12-13,16H2,1-5H3;1H. The van der Waals surface area contributed by atoms with E-state index in [1.165, 1.54) is 16.7 Å². The third-order valence-electron chi connectivity index (χ3n) is 5.30. The molecule has 162 valence electrons. The van der Waals surface area contributed by atoms with Crippen molar-refractivity contribution in [3.05, 3.63) is 58.7 Å². The van der Waals surface area contributed by atoms with Crippen LogP contribution in [-0.4, -0.2) is 43.0 Å². The number of anilines is 1. The van der Waals surface area contributed by atoms with Gasteiger partial charge in [0.1, 0.15) is 0 Å². The van der Waals surface area contributed by atoms with Gasteiger partial charge in [-0.25, -0.2) is 4.98 Å². The molecule has 0 unspecified atom stereocenters. The summed E-state index contributed by atoms with van der Waals surface area (Å²) >= 11 is 1.62. The number of fused-ring (bicyclic) bond motifs is 1. The predicted molar refractivity (Wildman–Crippen MR) is 131 cm³/mol. The maximum Gasteiger partial charge on any atom is 0.233 e. The van der Waals surface area contributed by atoms with Crippen LogP contribution >= 0.6 is 23.7 Å². The molecule has 0 spiro atoms. The number of aryl methyl sites for hydroxylation is 3. The van der Waals surface area contributed by atoms with E-state index < -0.39 is 0 Å². The number of aromatic nitrogens is 1. The summed E-state index contributed by atoms with van der Waals surface area (Å²) in [6, 6.07) is 12.7. The molecule has 1 aromatic heterocycles. The van der Waals surface area contributed by atoms with E-state index in [0.717, 1.165) is 40.3 Å². The van der Waals surface area contributed by atoms with E-state index in [9.17, 15) is 4.79 Å². The lowest BCUT2D eigenvalue weighted by atomic mass is 10.0. The van der Waals surface area contributed by atoms with Crippen molar-refractivity contribution in [3.63, 3.8) is 0 Å². The van der Waals surface area contributed by atoms with Crippen LogP contribution in [0.3, 0.4) is 0 Å². The number of halogens is 1. The zero-order valence-electron chi connectivity index (χ0n) is 18.6. The van der Waals surface area contributed by atoms with Crippen molar-refractivity contribution >= 4 is 45.0 Å². The molecule has 0 saturated carbocycles. The quantitative estimate of drug-likeness (QED) is 0.464. The summed E-state index contributed by atoms with van der Waals surface area (Å²) in [5.41, 5.74) is 5.81. The normalized spacial score (nSPS) is 11.0. The SMILES string of the molecule is CCc1ccc2nc(N(CCCN(C)C)C(=O)Cc3ccc(C)c(C)c3)sc2c1.Cl. The van der Waals surface area contributed by atoms with E-state index in [-0.39, 0.29) is 18.3 Å². The monoisotopic (exact) mass is 445 g/mol. The van der Waals surface area contributed by atoms with Crippen molar-refractivity contribution in [1.29, 1.82) is 0 Å². The van der Waals surface area contributed by atoms with Crippen LogP contribution in [0, 0.1) is 13.8 Å². The number of carbonyl (C=O) groups is 1. The van der Waals surface area contributed by atoms with Crippen LogP contribution in [-0.2, 0) is 17.6 Å².